The van der Waals surface area contributed by atoms with E-state index in [1.807, 2.05) is 21.1 Å². The van der Waals surface area contributed by atoms with E-state index in [4.69, 9.17) is 18.9 Å². The molecule has 2 atom stereocenters. The second-order valence-corrected chi connectivity index (χ2v) is 20.2. The van der Waals surface area contributed by atoms with E-state index in [1.54, 1.807) is 0 Å². The number of carboxylic acid groups (broad SMARTS) is 1. The number of allylic oxidation sites excluding steroid dienone is 26. The molecule has 0 aromatic rings. The van der Waals surface area contributed by atoms with E-state index in [2.05, 4.69) is 172 Å². The first-order valence-electron chi connectivity index (χ1n) is 29.6. The highest BCUT2D eigenvalue weighted by Crippen LogP contribution is 2.13. The summed E-state index contributed by atoms with van der Waals surface area (Å²) in [7, 11) is 5.94. The third kappa shape index (κ3) is 58.4. The van der Waals surface area contributed by atoms with Gasteiger partial charge in [-0.05, 0) is 122 Å². The van der Waals surface area contributed by atoms with Crippen LogP contribution in [-0.2, 0) is 33.3 Å². The molecule has 0 heterocycles. The largest absolute Gasteiger partial charge is 0.477 e. The summed E-state index contributed by atoms with van der Waals surface area (Å²) in [5, 5.41) is 9.71. The Labute approximate surface area is 470 Å². The second kappa shape index (κ2) is 57.1. The fourth-order valence-corrected chi connectivity index (χ4v) is 7.29. The van der Waals surface area contributed by atoms with Gasteiger partial charge in [0.15, 0.2) is 6.10 Å². The molecular formula is C68H108NO8+. The van der Waals surface area contributed by atoms with Crippen LogP contribution in [0.25, 0.3) is 0 Å². The maximum absolute atomic E-state index is 12.9. The van der Waals surface area contributed by atoms with Crippen molar-refractivity contribution < 1.29 is 42.9 Å². The summed E-state index contributed by atoms with van der Waals surface area (Å²) in [6.07, 6.45) is 81.7. The molecule has 0 aliphatic carbocycles. The molecule has 0 spiro atoms. The predicted octanol–water partition coefficient (Wildman–Crippen LogP) is 17.8. The molecule has 0 aliphatic heterocycles. The van der Waals surface area contributed by atoms with Crippen molar-refractivity contribution in [2.24, 2.45) is 0 Å². The third-order valence-corrected chi connectivity index (χ3v) is 11.8. The third-order valence-electron chi connectivity index (χ3n) is 11.8. The van der Waals surface area contributed by atoms with Crippen LogP contribution in [0, 0.1) is 0 Å². The fraction of sp³-hybridized carbons (Fsp3) is 0.574. The van der Waals surface area contributed by atoms with Gasteiger partial charge in [-0.15, -0.1) is 0 Å². The molecule has 2 unspecified atom stereocenters. The van der Waals surface area contributed by atoms with E-state index >= 15 is 0 Å². The van der Waals surface area contributed by atoms with Gasteiger partial charge >= 0.3 is 17.9 Å². The summed E-state index contributed by atoms with van der Waals surface area (Å²) in [6, 6.07) is 0. The number of carboxylic acids is 1. The minimum atomic E-state index is -1.53. The maximum Gasteiger partial charge on any atom is 0.361 e. The van der Waals surface area contributed by atoms with Crippen LogP contribution in [0.15, 0.2) is 158 Å². The number of hydrogen-bond acceptors (Lipinski definition) is 7. The number of nitrogens with zero attached hydrogens (tertiary/aromatic N) is 1. The van der Waals surface area contributed by atoms with Crippen molar-refractivity contribution in [3.05, 3.63) is 158 Å². The topological polar surface area (TPSA) is 108 Å². The molecule has 0 fully saturated rings. The second-order valence-electron chi connectivity index (χ2n) is 20.2. The molecule has 0 saturated carbocycles. The van der Waals surface area contributed by atoms with Crippen LogP contribution in [0.5, 0.6) is 0 Å². The lowest BCUT2D eigenvalue weighted by atomic mass is 10.1. The average Bonchev–Trinajstić information content (AvgIpc) is 3.40. The Morgan fingerprint density at radius 1 is 0.390 bits per heavy atom. The highest BCUT2D eigenvalue weighted by atomic mass is 16.7. The van der Waals surface area contributed by atoms with E-state index in [0.717, 1.165) is 135 Å². The van der Waals surface area contributed by atoms with E-state index in [1.165, 1.54) is 25.7 Å². The van der Waals surface area contributed by atoms with Gasteiger partial charge in [0.05, 0.1) is 34.4 Å². The Morgan fingerprint density at radius 2 is 0.701 bits per heavy atom. The Bertz CT molecular complexity index is 1810. The lowest BCUT2D eigenvalue weighted by Gasteiger charge is -2.25. The van der Waals surface area contributed by atoms with Gasteiger partial charge in [0.2, 0.25) is 0 Å². The Hall–Kier alpha value is -5.09. The summed E-state index contributed by atoms with van der Waals surface area (Å²) in [5.41, 5.74) is 0. The van der Waals surface area contributed by atoms with Gasteiger partial charge < -0.3 is 28.5 Å². The number of esters is 2. The lowest BCUT2D eigenvalue weighted by molar-refractivity contribution is -0.870. The van der Waals surface area contributed by atoms with Gasteiger partial charge in [0.1, 0.15) is 13.2 Å². The first-order valence-corrected chi connectivity index (χ1v) is 29.6. The monoisotopic (exact) mass is 1070 g/mol. The summed E-state index contributed by atoms with van der Waals surface area (Å²) in [4.78, 5) is 37.5. The zero-order chi connectivity index (χ0) is 56.2. The summed E-state index contributed by atoms with van der Waals surface area (Å²) < 4.78 is 22.8. The summed E-state index contributed by atoms with van der Waals surface area (Å²) >= 11 is 0. The maximum atomic E-state index is 12.9. The van der Waals surface area contributed by atoms with E-state index < -0.39 is 24.3 Å². The lowest BCUT2D eigenvalue weighted by Crippen LogP contribution is -2.40. The molecular weight excluding hydrogens is 959 g/mol. The van der Waals surface area contributed by atoms with Crippen LogP contribution in [-0.4, -0.2) is 87.4 Å². The SMILES string of the molecule is CC/C=C\C/C=C\C/C=C\C/C=C\C/C=C\C/C=C\C/C=C\CCCCCC(=O)OC(COC(=O)CCCCCCCCCC/C=C\C/C=C\C/C=C\C/C=C\C/C=C\C/C=C\CC)COC(OCC[N+](C)(C)C)C(=O)O. The fourth-order valence-electron chi connectivity index (χ4n) is 7.29. The normalized spacial score (nSPS) is 13.9. The highest BCUT2D eigenvalue weighted by molar-refractivity contribution is 5.71. The van der Waals surface area contributed by atoms with Gasteiger partial charge in [-0.3, -0.25) is 9.59 Å². The zero-order valence-corrected chi connectivity index (χ0v) is 49.0. The summed E-state index contributed by atoms with van der Waals surface area (Å²) in [5.74, 6) is -2.08. The standard InChI is InChI=1S/C68H107NO8/c1-6-8-10-12-14-16-18-20-22-24-26-28-30-32-33-35-36-38-40-42-44-46-48-50-52-54-56-58-65(70)75-62-64(63-76-68(67(72)73)74-61-60-69(3,4)5)77-66(71)59-57-55-53-51-49-47-45-43-41-39-37-34-31-29-27-25-23-21-19-17-15-13-11-9-7-2/h8-11,14-17,20-23,26-29,32-34,36-38,41,43,47,49,64,68H,6-7,12-13,18-19,24-25,30-31,35,39-40,42,44-46,48,50-63H2,1-5H3/p+1/b10-8-,11-9-,16-14-,17-15-,22-20-,23-21-,28-26-,29-27-,33-32-,37-34-,38-36-,43-41-,49-47-. The quantitative estimate of drug-likeness (QED) is 0.0211. The van der Waals surface area contributed by atoms with Crippen LogP contribution in [0.4, 0.5) is 0 Å². The van der Waals surface area contributed by atoms with Crippen molar-refractivity contribution >= 4 is 17.9 Å². The molecule has 77 heavy (non-hydrogen) atoms. The number of unbranched alkanes of at least 4 members (excludes halogenated alkanes) is 11. The van der Waals surface area contributed by atoms with Gasteiger partial charge in [-0.25, -0.2) is 4.79 Å². The van der Waals surface area contributed by atoms with E-state index in [9.17, 15) is 19.5 Å². The molecule has 9 nitrogen and oxygen atoms in total. The van der Waals surface area contributed by atoms with Gasteiger partial charge in [0, 0.05) is 12.8 Å². The minimum absolute atomic E-state index is 0.169. The number of carbonyl (C=O) groups is 3. The van der Waals surface area contributed by atoms with Gasteiger partial charge in [0.25, 0.3) is 6.29 Å². The first kappa shape index (κ1) is 71.9. The number of quaternary nitrogens is 1. The Kier molecular flexibility index (Phi) is 53.3. The molecule has 432 valence electrons. The smallest absolute Gasteiger partial charge is 0.361 e. The molecule has 0 aromatic heterocycles. The molecule has 1 N–H and O–H groups in total. The molecule has 0 radical (unpaired) electrons. The molecule has 0 amide bonds. The number of hydrogen-bond donors (Lipinski definition) is 1. The number of ether oxygens (including phenoxy) is 4. The van der Waals surface area contributed by atoms with Gasteiger partial charge in [-0.1, -0.05) is 217 Å². The molecule has 0 aromatic carbocycles. The van der Waals surface area contributed by atoms with Crippen molar-refractivity contribution in [1.82, 2.24) is 0 Å². The Morgan fingerprint density at radius 3 is 1.05 bits per heavy atom. The first-order chi connectivity index (χ1) is 37.6. The van der Waals surface area contributed by atoms with Crippen molar-refractivity contribution in [2.75, 3.05) is 47.5 Å². The van der Waals surface area contributed by atoms with Crippen molar-refractivity contribution in [3.63, 3.8) is 0 Å². The predicted molar refractivity (Wildman–Crippen MR) is 327 cm³/mol. The van der Waals surface area contributed by atoms with Crippen LogP contribution < -0.4 is 0 Å². The van der Waals surface area contributed by atoms with Crippen molar-refractivity contribution in [3.8, 4) is 0 Å². The minimum Gasteiger partial charge on any atom is -0.477 e. The number of carbonyl (C=O) groups excluding carboxylic acids is 2. The number of likely N-dealkylation sites (N-methyl/N-ethyl adjacent to an activating group) is 1. The molecule has 0 bridgehead atoms. The average molecular weight is 1070 g/mol. The van der Waals surface area contributed by atoms with E-state index in [-0.39, 0.29) is 38.6 Å². The van der Waals surface area contributed by atoms with Crippen LogP contribution >= 0.6 is 0 Å². The number of aliphatic carboxylic acids is 1. The van der Waals surface area contributed by atoms with Crippen molar-refractivity contribution in [1.29, 1.82) is 0 Å². The summed E-state index contributed by atoms with van der Waals surface area (Å²) in [6.45, 7) is 4.57. The van der Waals surface area contributed by atoms with Crippen molar-refractivity contribution in [2.45, 2.75) is 206 Å². The molecule has 0 saturated heterocycles. The Balaban J connectivity index is 4.38. The van der Waals surface area contributed by atoms with E-state index in [0.29, 0.717) is 17.4 Å². The molecule has 0 aliphatic rings. The van der Waals surface area contributed by atoms with Crippen LogP contribution in [0.2, 0.25) is 0 Å². The van der Waals surface area contributed by atoms with Crippen LogP contribution in [0.1, 0.15) is 194 Å². The van der Waals surface area contributed by atoms with Gasteiger partial charge in [-0.2, -0.15) is 0 Å². The number of rotatable bonds is 52. The molecule has 0 rings (SSSR count). The molecule has 9 heteroatoms. The zero-order valence-electron chi connectivity index (χ0n) is 49.0. The highest BCUT2D eigenvalue weighted by Gasteiger charge is 2.25. The van der Waals surface area contributed by atoms with Crippen LogP contribution in [0.3, 0.4) is 0 Å².